The van der Waals surface area contributed by atoms with Gasteiger partial charge in [0.25, 0.3) is 5.56 Å². The molecule has 0 fully saturated rings. The van der Waals surface area contributed by atoms with E-state index in [1.165, 1.54) is 22.2 Å². The average Bonchev–Trinajstić information content (AvgIpc) is 3.01. The van der Waals surface area contributed by atoms with Gasteiger partial charge in [0.15, 0.2) is 0 Å². The summed E-state index contributed by atoms with van der Waals surface area (Å²) >= 11 is 1.43. The molecule has 1 amide bonds. The molecule has 0 radical (unpaired) electrons. The van der Waals surface area contributed by atoms with E-state index in [4.69, 9.17) is 0 Å². The quantitative estimate of drug-likeness (QED) is 0.727. The molecule has 0 aliphatic carbocycles. The van der Waals surface area contributed by atoms with Crippen molar-refractivity contribution in [2.24, 2.45) is 0 Å². The average molecular weight is 339 g/mol. The van der Waals surface area contributed by atoms with Crippen LogP contribution in [0.1, 0.15) is 5.56 Å². The molecule has 2 heterocycles. The van der Waals surface area contributed by atoms with Crippen molar-refractivity contribution < 1.29 is 4.79 Å². The second kappa shape index (κ2) is 6.80. The summed E-state index contributed by atoms with van der Waals surface area (Å²) in [5.74, 6) is -0.245. The number of aryl methyl sites for hydroxylation is 1. The van der Waals surface area contributed by atoms with E-state index in [0.29, 0.717) is 16.8 Å². The van der Waals surface area contributed by atoms with Crippen LogP contribution in [0.5, 0.6) is 0 Å². The zero-order valence-electron chi connectivity index (χ0n) is 13.3. The number of hydrogen-bond donors (Lipinski definition) is 1. The van der Waals surface area contributed by atoms with Gasteiger partial charge in [0.1, 0.15) is 11.4 Å². The van der Waals surface area contributed by atoms with Gasteiger partial charge >= 0.3 is 0 Å². The maximum Gasteiger partial charge on any atom is 0.263 e. The highest BCUT2D eigenvalue weighted by atomic mass is 32.1. The van der Waals surface area contributed by atoms with Crippen LogP contribution in [0.15, 0.2) is 53.4 Å². The van der Waals surface area contributed by atoms with Crippen LogP contribution in [0, 0.1) is 6.92 Å². The number of carbonyl (C=O) groups excluding carboxylic acids is 1. The summed E-state index contributed by atoms with van der Waals surface area (Å²) in [7, 11) is 0. The van der Waals surface area contributed by atoms with E-state index >= 15 is 0 Å². The minimum Gasteiger partial charge on any atom is -0.351 e. The first-order valence-electron chi connectivity index (χ1n) is 7.51. The van der Waals surface area contributed by atoms with Gasteiger partial charge in [-0.1, -0.05) is 35.9 Å². The predicted molar refractivity (Wildman–Crippen MR) is 97.3 cm³/mol. The highest BCUT2D eigenvalue weighted by Crippen LogP contribution is 2.30. The summed E-state index contributed by atoms with van der Waals surface area (Å²) in [4.78, 5) is 29.6. The highest BCUT2D eigenvalue weighted by Gasteiger charge is 2.14. The molecule has 0 saturated carbocycles. The second-order valence-corrected chi connectivity index (χ2v) is 6.32. The van der Waals surface area contributed by atoms with Crippen molar-refractivity contribution in [1.82, 2.24) is 14.9 Å². The zero-order chi connectivity index (χ0) is 17.1. The van der Waals surface area contributed by atoms with Gasteiger partial charge in [-0.2, -0.15) is 0 Å². The van der Waals surface area contributed by atoms with Crippen LogP contribution in [-0.2, 0) is 11.3 Å². The Labute approximate surface area is 143 Å². The van der Waals surface area contributed by atoms with E-state index < -0.39 is 0 Å². The molecular weight excluding hydrogens is 322 g/mol. The fraction of sp³-hybridized carbons (Fsp3) is 0.167. The van der Waals surface area contributed by atoms with Gasteiger partial charge < -0.3 is 5.32 Å². The molecule has 3 aromatic rings. The lowest BCUT2D eigenvalue weighted by atomic mass is 10.1. The smallest absolute Gasteiger partial charge is 0.263 e. The maximum atomic E-state index is 12.8. The summed E-state index contributed by atoms with van der Waals surface area (Å²) in [5.41, 5.74) is 2.78. The van der Waals surface area contributed by atoms with Gasteiger partial charge in [-0.25, -0.2) is 4.98 Å². The number of nitrogens with zero attached hydrogens (tertiary/aromatic N) is 2. The maximum absolute atomic E-state index is 12.8. The van der Waals surface area contributed by atoms with Crippen LogP contribution >= 0.6 is 11.3 Å². The SMILES string of the molecule is C=CCNC(=O)Cn1cnc2scc(-c3ccc(C)cc3)c2c1=O. The minimum absolute atomic E-state index is 0.0567. The summed E-state index contributed by atoms with van der Waals surface area (Å²) in [6.45, 7) is 5.88. The topological polar surface area (TPSA) is 64.0 Å². The van der Waals surface area contributed by atoms with Gasteiger partial charge in [-0.3, -0.25) is 14.2 Å². The third kappa shape index (κ3) is 3.14. The van der Waals surface area contributed by atoms with Gasteiger partial charge in [0.05, 0.1) is 11.7 Å². The lowest BCUT2D eigenvalue weighted by Gasteiger charge is -2.06. The molecule has 6 heteroatoms. The van der Waals surface area contributed by atoms with E-state index in [9.17, 15) is 9.59 Å². The number of rotatable bonds is 5. The van der Waals surface area contributed by atoms with E-state index in [0.717, 1.165) is 16.7 Å². The number of fused-ring (bicyclic) bond motifs is 1. The molecule has 0 aliphatic heterocycles. The Morgan fingerprint density at radius 1 is 1.38 bits per heavy atom. The number of aromatic nitrogens is 2. The molecule has 1 aromatic carbocycles. The van der Waals surface area contributed by atoms with Gasteiger partial charge in [0.2, 0.25) is 5.91 Å². The van der Waals surface area contributed by atoms with E-state index in [-0.39, 0.29) is 18.0 Å². The largest absolute Gasteiger partial charge is 0.351 e. The summed E-state index contributed by atoms with van der Waals surface area (Å²) in [5, 5.41) is 5.16. The molecule has 0 atom stereocenters. The van der Waals surface area contributed by atoms with Crippen molar-refractivity contribution in [3.05, 3.63) is 64.5 Å². The molecule has 24 heavy (non-hydrogen) atoms. The molecule has 0 aliphatic rings. The summed E-state index contributed by atoms with van der Waals surface area (Å²) < 4.78 is 1.34. The van der Waals surface area contributed by atoms with Crippen LogP contribution in [0.25, 0.3) is 21.3 Å². The van der Waals surface area contributed by atoms with E-state index in [1.807, 2.05) is 36.6 Å². The fourth-order valence-corrected chi connectivity index (χ4v) is 3.33. The second-order valence-electron chi connectivity index (χ2n) is 5.47. The van der Waals surface area contributed by atoms with Crippen LogP contribution in [0.2, 0.25) is 0 Å². The van der Waals surface area contributed by atoms with Crippen molar-refractivity contribution in [3.63, 3.8) is 0 Å². The van der Waals surface area contributed by atoms with Crippen molar-refractivity contribution in [3.8, 4) is 11.1 Å². The number of nitrogens with one attached hydrogen (secondary N) is 1. The molecule has 5 nitrogen and oxygen atoms in total. The van der Waals surface area contributed by atoms with Crippen molar-refractivity contribution in [1.29, 1.82) is 0 Å². The standard InChI is InChI=1S/C18H17N3O2S/c1-3-8-19-15(22)9-21-11-20-17-16(18(21)23)14(10-24-17)13-6-4-12(2)5-7-13/h3-7,10-11H,1,8-9H2,2H3,(H,19,22). The number of carbonyl (C=O) groups is 1. The van der Waals surface area contributed by atoms with Crippen LogP contribution < -0.4 is 10.9 Å². The Bertz CT molecular complexity index is 955. The molecule has 0 bridgehead atoms. The first-order chi connectivity index (χ1) is 11.6. The van der Waals surface area contributed by atoms with E-state index in [1.54, 1.807) is 6.08 Å². The Morgan fingerprint density at radius 2 is 2.12 bits per heavy atom. The van der Waals surface area contributed by atoms with Crippen LogP contribution in [0.4, 0.5) is 0 Å². The molecule has 2 aromatic heterocycles. The number of benzene rings is 1. The third-order valence-electron chi connectivity index (χ3n) is 3.68. The molecule has 0 spiro atoms. The van der Waals surface area contributed by atoms with E-state index in [2.05, 4.69) is 16.9 Å². The first kappa shape index (κ1) is 16.1. The molecule has 3 rings (SSSR count). The lowest BCUT2D eigenvalue weighted by molar-refractivity contribution is -0.121. The minimum atomic E-state index is -0.245. The van der Waals surface area contributed by atoms with Gasteiger partial charge in [-0.15, -0.1) is 17.9 Å². The fourth-order valence-electron chi connectivity index (χ4n) is 2.42. The predicted octanol–water partition coefficient (Wildman–Crippen LogP) is 2.74. The Kier molecular flexibility index (Phi) is 4.57. The molecule has 1 N–H and O–H groups in total. The number of thiophene rings is 1. The Morgan fingerprint density at radius 3 is 2.83 bits per heavy atom. The molecule has 122 valence electrons. The highest BCUT2D eigenvalue weighted by molar-refractivity contribution is 7.17. The molecular formula is C18H17N3O2S. The van der Waals surface area contributed by atoms with Crippen LogP contribution in [0.3, 0.4) is 0 Å². The van der Waals surface area contributed by atoms with Crippen molar-refractivity contribution in [2.45, 2.75) is 13.5 Å². The van der Waals surface area contributed by atoms with Crippen LogP contribution in [-0.4, -0.2) is 22.0 Å². The normalized spacial score (nSPS) is 10.7. The monoisotopic (exact) mass is 339 g/mol. The summed E-state index contributed by atoms with van der Waals surface area (Å²) in [6.07, 6.45) is 3.02. The lowest BCUT2D eigenvalue weighted by Crippen LogP contribution is -2.32. The van der Waals surface area contributed by atoms with Crippen molar-refractivity contribution >= 4 is 27.5 Å². The molecule has 0 unspecified atom stereocenters. The Hall–Kier alpha value is -2.73. The Balaban J connectivity index is 2.03. The van der Waals surface area contributed by atoms with Crippen molar-refractivity contribution in [2.75, 3.05) is 6.54 Å². The first-order valence-corrected chi connectivity index (χ1v) is 8.39. The van der Waals surface area contributed by atoms with Gasteiger partial charge in [0, 0.05) is 17.5 Å². The third-order valence-corrected chi connectivity index (χ3v) is 4.57. The van der Waals surface area contributed by atoms with Gasteiger partial charge in [-0.05, 0) is 12.5 Å². The zero-order valence-corrected chi connectivity index (χ0v) is 14.1. The summed E-state index contributed by atoms with van der Waals surface area (Å²) in [6, 6.07) is 8.00. The number of hydrogen-bond acceptors (Lipinski definition) is 4. The number of amides is 1. The molecule has 0 saturated heterocycles.